The lowest BCUT2D eigenvalue weighted by Crippen LogP contribution is -2.52. The maximum Gasteiger partial charge on any atom is 0.251 e. The van der Waals surface area contributed by atoms with Crippen LogP contribution in [0.4, 0.5) is 0 Å². The van der Waals surface area contributed by atoms with Gasteiger partial charge in [0.2, 0.25) is 0 Å². The third-order valence-corrected chi connectivity index (χ3v) is 6.03. The molecule has 1 spiro atoms. The van der Waals surface area contributed by atoms with E-state index in [9.17, 15) is 4.79 Å². The number of ether oxygens (including phenoxy) is 2. The van der Waals surface area contributed by atoms with Gasteiger partial charge in [0.15, 0.2) is 0 Å². The summed E-state index contributed by atoms with van der Waals surface area (Å²) >= 11 is 0. The largest absolute Gasteiger partial charge is 0.486 e. The zero-order valence-corrected chi connectivity index (χ0v) is 15.0. The molecule has 2 heterocycles. The van der Waals surface area contributed by atoms with Crippen LogP contribution in [0.2, 0.25) is 0 Å². The van der Waals surface area contributed by atoms with Crippen molar-refractivity contribution in [3.8, 4) is 5.75 Å². The van der Waals surface area contributed by atoms with E-state index in [1.54, 1.807) is 0 Å². The van der Waals surface area contributed by atoms with Gasteiger partial charge in [0.05, 0.1) is 0 Å². The highest BCUT2D eigenvalue weighted by molar-refractivity contribution is 5.81. The second-order valence-electron chi connectivity index (χ2n) is 7.68. The molecule has 1 aromatic carbocycles. The van der Waals surface area contributed by atoms with E-state index < -0.39 is 0 Å². The average molecular weight is 344 g/mol. The van der Waals surface area contributed by atoms with Crippen LogP contribution in [0.15, 0.2) is 24.3 Å². The molecule has 136 valence electrons. The summed E-state index contributed by atoms with van der Waals surface area (Å²) in [5.74, 6) is 1.17. The van der Waals surface area contributed by atoms with Crippen molar-refractivity contribution in [2.45, 2.75) is 62.8 Å². The third kappa shape index (κ3) is 3.40. The fraction of sp³-hybridized carbons (Fsp3) is 0.650. The Bertz CT molecular complexity index is 619. The van der Waals surface area contributed by atoms with Crippen LogP contribution in [0.25, 0.3) is 0 Å². The first-order valence-electron chi connectivity index (χ1n) is 9.53. The number of likely N-dealkylation sites (N-methyl/N-ethyl adjacent to an activating group) is 1. The van der Waals surface area contributed by atoms with Gasteiger partial charge < -0.3 is 19.7 Å². The fourth-order valence-electron chi connectivity index (χ4n) is 4.42. The van der Waals surface area contributed by atoms with Crippen molar-refractivity contribution in [2.24, 2.45) is 0 Å². The van der Waals surface area contributed by atoms with Crippen molar-refractivity contribution in [2.75, 3.05) is 20.2 Å². The first-order valence-corrected chi connectivity index (χ1v) is 9.53. The second-order valence-corrected chi connectivity index (χ2v) is 7.68. The minimum Gasteiger partial charge on any atom is -0.486 e. The zero-order valence-electron chi connectivity index (χ0n) is 15.0. The summed E-state index contributed by atoms with van der Waals surface area (Å²) in [5, 5.41) is 3.55. The lowest BCUT2D eigenvalue weighted by Gasteiger charge is -2.42. The number of nitrogens with one attached hydrogen (secondary N) is 1. The highest BCUT2D eigenvalue weighted by Gasteiger charge is 2.41. The van der Waals surface area contributed by atoms with Crippen LogP contribution >= 0.6 is 0 Å². The van der Waals surface area contributed by atoms with Gasteiger partial charge in [-0.1, -0.05) is 18.2 Å². The minimum atomic E-state index is -0.219. The number of benzene rings is 1. The average Bonchev–Trinajstić information content (AvgIpc) is 3.11. The third-order valence-electron chi connectivity index (χ3n) is 6.03. The fourth-order valence-corrected chi connectivity index (χ4v) is 4.42. The Labute approximate surface area is 149 Å². The molecule has 1 unspecified atom stereocenters. The van der Waals surface area contributed by atoms with Crippen molar-refractivity contribution in [1.29, 1.82) is 0 Å². The van der Waals surface area contributed by atoms with E-state index in [1.807, 2.05) is 18.0 Å². The van der Waals surface area contributed by atoms with Crippen molar-refractivity contribution in [3.63, 3.8) is 0 Å². The Morgan fingerprint density at radius 1 is 1.24 bits per heavy atom. The van der Waals surface area contributed by atoms with E-state index in [2.05, 4.69) is 23.5 Å². The van der Waals surface area contributed by atoms with Gasteiger partial charge in [-0.3, -0.25) is 4.79 Å². The van der Waals surface area contributed by atoms with E-state index in [0.717, 1.165) is 64.0 Å². The van der Waals surface area contributed by atoms with Crippen LogP contribution < -0.4 is 10.1 Å². The van der Waals surface area contributed by atoms with E-state index in [-0.39, 0.29) is 17.6 Å². The lowest BCUT2D eigenvalue weighted by atomic mass is 9.81. The Morgan fingerprint density at radius 3 is 2.80 bits per heavy atom. The molecule has 0 aromatic heterocycles. The summed E-state index contributed by atoms with van der Waals surface area (Å²) < 4.78 is 12.0. The Hall–Kier alpha value is -1.59. The molecule has 4 rings (SSSR count). The smallest absolute Gasteiger partial charge is 0.251 e. The molecular weight excluding hydrogens is 316 g/mol. The van der Waals surface area contributed by atoms with Gasteiger partial charge in [0.1, 0.15) is 17.5 Å². The number of para-hydroxylation sites is 1. The number of carbonyl (C=O) groups excluding carboxylic acids is 1. The van der Waals surface area contributed by atoms with Crippen LogP contribution in [0.3, 0.4) is 0 Å². The highest BCUT2D eigenvalue weighted by Crippen LogP contribution is 2.37. The number of hydrogen-bond donors (Lipinski definition) is 1. The van der Waals surface area contributed by atoms with Gasteiger partial charge in [0.25, 0.3) is 5.91 Å². The predicted molar refractivity (Wildman–Crippen MR) is 95.5 cm³/mol. The van der Waals surface area contributed by atoms with Crippen LogP contribution in [0, 0.1) is 0 Å². The molecule has 1 aliphatic carbocycles. The number of rotatable bonds is 2. The van der Waals surface area contributed by atoms with Crippen molar-refractivity contribution in [3.05, 3.63) is 29.8 Å². The van der Waals surface area contributed by atoms with Gasteiger partial charge in [0, 0.05) is 38.3 Å². The molecule has 1 saturated heterocycles. The molecule has 1 atom stereocenters. The number of nitrogens with zero attached hydrogens (tertiary/aromatic N) is 1. The predicted octanol–water partition coefficient (Wildman–Crippen LogP) is 2.49. The standard InChI is InChI=1S/C20H28N2O3/c1-22(19(23)18-7-4-12-24-18)16-8-10-20(11-9-16)14-21-13-15-5-2-3-6-17(15)25-20/h2-3,5-6,16,18,21H,4,7-14H2,1H3. The molecular formula is C20H28N2O3. The molecule has 0 bridgehead atoms. The molecule has 3 aliphatic rings. The Kier molecular flexibility index (Phi) is 4.69. The van der Waals surface area contributed by atoms with Gasteiger partial charge in [-0.05, 0) is 44.6 Å². The molecule has 0 radical (unpaired) electrons. The van der Waals surface area contributed by atoms with Gasteiger partial charge in [-0.25, -0.2) is 0 Å². The van der Waals surface area contributed by atoms with Gasteiger partial charge in [-0.15, -0.1) is 0 Å². The van der Waals surface area contributed by atoms with Crippen molar-refractivity contribution < 1.29 is 14.3 Å². The molecule has 2 aliphatic heterocycles. The molecule has 1 aromatic rings. The van der Waals surface area contributed by atoms with Crippen LogP contribution in [0.1, 0.15) is 44.1 Å². The number of amides is 1. The van der Waals surface area contributed by atoms with Crippen LogP contribution in [-0.2, 0) is 16.1 Å². The monoisotopic (exact) mass is 344 g/mol. The molecule has 2 fully saturated rings. The van der Waals surface area contributed by atoms with E-state index in [1.165, 1.54) is 5.56 Å². The van der Waals surface area contributed by atoms with Crippen LogP contribution in [-0.4, -0.2) is 48.8 Å². The number of hydrogen-bond acceptors (Lipinski definition) is 4. The Balaban J connectivity index is 1.40. The van der Waals surface area contributed by atoms with Crippen molar-refractivity contribution >= 4 is 5.91 Å². The van der Waals surface area contributed by atoms with E-state index in [0.29, 0.717) is 6.04 Å². The number of carbonyl (C=O) groups is 1. The summed E-state index contributed by atoms with van der Waals surface area (Å²) in [6.45, 7) is 2.45. The van der Waals surface area contributed by atoms with Crippen LogP contribution in [0.5, 0.6) is 5.75 Å². The van der Waals surface area contributed by atoms with E-state index >= 15 is 0 Å². The topological polar surface area (TPSA) is 50.8 Å². The summed E-state index contributed by atoms with van der Waals surface area (Å²) in [6, 6.07) is 8.59. The maximum atomic E-state index is 12.6. The number of fused-ring (bicyclic) bond motifs is 1. The van der Waals surface area contributed by atoms with E-state index in [4.69, 9.17) is 9.47 Å². The summed E-state index contributed by atoms with van der Waals surface area (Å²) in [7, 11) is 1.94. The zero-order chi connectivity index (χ0) is 17.3. The summed E-state index contributed by atoms with van der Waals surface area (Å²) in [6.07, 6.45) is 5.56. The Morgan fingerprint density at radius 2 is 2.04 bits per heavy atom. The van der Waals surface area contributed by atoms with Crippen molar-refractivity contribution in [1.82, 2.24) is 10.2 Å². The molecule has 25 heavy (non-hydrogen) atoms. The summed E-state index contributed by atoms with van der Waals surface area (Å²) in [4.78, 5) is 14.5. The summed E-state index contributed by atoms with van der Waals surface area (Å²) in [5.41, 5.74) is 1.09. The molecule has 5 nitrogen and oxygen atoms in total. The van der Waals surface area contributed by atoms with Gasteiger partial charge in [-0.2, -0.15) is 0 Å². The molecule has 1 N–H and O–H groups in total. The first-order chi connectivity index (χ1) is 12.2. The first kappa shape index (κ1) is 16.9. The SMILES string of the molecule is CN(C(=O)C1CCCO1)C1CCC2(CC1)CNCc1ccccc1O2. The quantitative estimate of drug-likeness (QED) is 0.896. The molecule has 5 heteroatoms. The lowest BCUT2D eigenvalue weighted by molar-refractivity contribution is -0.143. The second kappa shape index (κ2) is 6.96. The molecule has 1 amide bonds. The normalized spacial score (nSPS) is 31.9. The van der Waals surface area contributed by atoms with Gasteiger partial charge >= 0.3 is 0 Å². The molecule has 1 saturated carbocycles. The maximum absolute atomic E-state index is 12.6. The minimum absolute atomic E-state index is 0.142. The highest BCUT2D eigenvalue weighted by atomic mass is 16.5.